The highest BCUT2D eigenvalue weighted by Gasteiger charge is 2.07. The van der Waals surface area contributed by atoms with Crippen molar-refractivity contribution in [2.24, 2.45) is 0 Å². The molecular formula is C18H15ClN2O. The summed E-state index contributed by atoms with van der Waals surface area (Å²) in [5.74, 6) is -0.0987. The lowest BCUT2D eigenvalue weighted by Crippen LogP contribution is -2.22. The van der Waals surface area contributed by atoms with E-state index in [0.29, 0.717) is 17.3 Å². The van der Waals surface area contributed by atoms with E-state index in [0.717, 1.165) is 16.5 Å². The van der Waals surface area contributed by atoms with E-state index >= 15 is 0 Å². The third-order valence-corrected chi connectivity index (χ3v) is 3.66. The largest absolute Gasteiger partial charge is 0.348 e. The number of rotatable bonds is 3. The Morgan fingerprint density at radius 1 is 1.14 bits per heavy atom. The van der Waals surface area contributed by atoms with Crippen LogP contribution in [-0.4, -0.2) is 10.9 Å². The topological polar surface area (TPSA) is 42.0 Å². The van der Waals surface area contributed by atoms with E-state index in [2.05, 4.69) is 16.4 Å². The van der Waals surface area contributed by atoms with Crippen LogP contribution in [0.1, 0.15) is 21.5 Å². The number of amides is 1. The van der Waals surface area contributed by atoms with Crippen molar-refractivity contribution in [2.75, 3.05) is 0 Å². The van der Waals surface area contributed by atoms with Crippen LogP contribution in [0.3, 0.4) is 0 Å². The fourth-order valence-corrected chi connectivity index (χ4v) is 2.50. The van der Waals surface area contributed by atoms with Crippen LogP contribution in [0.5, 0.6) is 0 Å². The van der Waals surface area contributed by atoms with Gasteiger partial charge >= 0.3 is 0 Å². The number of pyridine rings is 1. The summed E-state index contributed by atoms with van der Waals surface area (Å²) in [4.78, 5) is 16.5. The van der Waals surface area contributed by atoms with Crippen molar-refractivity contribution < 1.29 is 4.79 Å². The van der Waals surface area contributed by atoms with Crippen molar-refractivity contribution in [3.05, 3.63) is 76.4 Å². The number of aromatic nitrogens is 1. The number of benzene rings is 2. The second-order valence-electron chi connectivity index (χ2n) is 5.21. The van der Waals surface area contributed by atoms with E-state index in [-0.39, 0.29) is 5.91 Å². The average Bonchev–Trinajstić information content (AvgIpc) is 2.52. The molecule has 1 amide bonds. The molecule has 0 aliphatic heterocycles. The van der Waals surface area contributed by atoms with Gasteiger partial charge in [-0.15, -0.1) is 0 Å². The molecule has 4 heteroatoms. The molecule has 0 radical (unpaired) electrons. The van der Waals surface area contributed by atoms with Crippen molar-refractivity contribution in [3.8, 4) is 0 Å². The zero-order chi connectivity index (χ0) is 15.5. The Kier molecular flexibility index (Phi) is 4.07. The predicted octanol–water partition coefficient (Wildman–Crippen LogP) is 4.13. The molecule has 0 spiro atoms. The Labute approximate surface area is 133 Å². The number of hydrogen-bond acceptors (Lipinski definition) is 2. The molecule has 0 atom stereocenters. The van der Waals surface area contributed by atoms with E-state index < -0.39 is 0 Å². The van der Waals surface area contributed by atoms with Gasteiger partial charge in [0.05, 0.1) is 5.52 Å². The van der Waals surface area contributed by atoms with Gasteiger partial charge in [-0.3, -0.25) is 4.79 Å². The van der Waals surface area contributed by atoms with Gasteiger partial charge in [-0.25, -0.2) is 4.98 Å². The van der Waals surface area contributed by atoms with Gasteiger partial charge in [-0.2, -0.15) is 0 Å². The lowest BCUT2D eigenvalue weighted by molar-refractivity contribution is 0.0951. The summed E-state index contributed by atoms with van der Waals surface area (Å²) in [7, 11) is 0. The van der Waals surface area contributed by atoms with Crippen LogP contribution in [0.25, 0.3) is 10.9 Å². The van der Waals surface area contributed by atoms with Gasteiger partial charge in [0, 0.05) is 17.5 Å². The molecule has 2 aromatic carbocycles. The SMILES string of the molecule is Cc1cccc(CNC(=O)c2ccc3nc(Cl)ccc3c2)c1. The molecule has 0 unspecified atom stereocenters. The summed E-state index contributed by atoms with van der Waals surface area (Å²) in [6.45, 7) is 2.55. The first-order valence-electron chi connectivity index (χ1n) is 7.02. The number of nitrogens with one attached hydrogen (secondary N) is 1. The molecule has 0 fully saturated rings. The highest BCUT2D eigenvalue weighted by molar-refractivity contribution is 6.29. The van der Waals surface area contributed by atoms with E-state index in [9.17, 15) is 4.79 Å². The average molecular weight is 311 g/mol. The zero-order valence-electron chi connectivity index (χ0n) is 12.1. The van der Waals surface area contributed by atoms with Gasteiger partial charge in [0.1, 0.15) is 5.15 Å². The molecule has 110 valence electrons. The second kappa shape index (κ2) is 6.16. The fourth-order valence-electron chi connectivity index (χ4n) is 2.35. The summed E-state index contributed by atoms with van der Waals surface area (Å²) >= 11 is 5.86. The van der Waals surface area contributed by atoms with Gasteiger partial charge in [0.2, 0.25) is 0 Å². The Hall–Kier alpha value is -2.39. The minimum Gasteiger partial charge on any atom is -0.348 e. The summed E-state index contributed by atoms with van der Waals surface area (Å²) in [6.07, 6.45) is 0. The maximum atomic E-state index is 12.3. The lowest BCUT2D eigenvalue weighted by Gasteiger charge is -2.07. The predicted molar refractivity (Wildman–Crippen MR) is 89.1 cm³/mol. The van der Waals surface area contributed by atoms with E-state index in [1.165, 1.54) is 5.56 Å². The smallest absolute Gasteiger partial charge is 0.251 e. The molecule has 1 aromatic heterocycles. The first kappa shape index (κ1) is 14.5. The molecule has 0 aliphatic rings. The van der Waals surface area contributed by atoms with Gasteiger partial charge < -0.3 is 5.32 Å². The van der Waals surface area contributed by atoms with Crippen molar-refractivity contribution in [1.82, 2.24) is 10.3 Å². The van der Waals surface area contributed by atoms with Gasteiger partial charge in [0.15, 0.2) is 0 Å². The second-order valence-corrected chi connectivity index (χ2v) is 5.60. The molecule has 3 rings (SSSR count). The number of aryl methyl sites for hydroxylation is 1. The van der Waals surface area contributed by atoms with Crippen molar-refractivity contribution in [3.63, 3.8) is 0 Å². The van der Waals surface area contributed by atoms with E-state index in [1.54, 1.807) is 12.1 Å². The van der Waals surface area contributed by atoms with E-state index in [1.807, 2.05) is 43.3 Å². The standard InChI is InChI=1S/C18H15ClN2O/c1-12-3-2-4-13(9-12)11-20-18(22)15-5-7-16-14(10-15)6-8-17(19)21-16/h2-10H,11H2,1H3,(H,20,22). The van der Waals surface area contributed by atoms with Crippen LogP contribution >= 0.6 is 11.6 Å². The fraction of sp³-hybridized carbons (Fsp3) is 0.111. The summed E-state index contributed by atoms with van der Waals surface area (Å²) in [5.41, 5.74) is 3.66. The molecule has 3 nitrogen and oxygen atoms in total. The Bertz CT molecular complexity index is 845. The molecule has 1 N–H and O–H groups in total. The number of fused-ring (bicyclic) bond motifs is 1. The van der Waals surface area contributed by atoms with Crippen LogP contribution in [0, 0.1) is 6.92 Å². The molecule has 0 saturated carbocycles. The van der Waals surface area contributed by atoms with Crippen molar-refractivity contribution >= 4 is 28.4 Å². The quantitative estimate of drug-likeness (QED) is 0.739. The number of carbonyl (C=O) groups excluding carboxylic acids is 1. The van der Waals surface area contributed by atoms with Crippen LogP contribution in [0.15, 0.2) is 54.6 Å². The highest BCUT2D eigenvalue weighted by atomic mass is 35.5. The Morgan fingerprint density at radius 2 is 2.00 bits per heavy atom. The summed E-state index contributed by atoms with van der Waals surface area (Å²) in [5, 5.41) is 4.28. The van der Waals surface area contributed by atoms with Crippen LogP contribution in [0.2, 0.25) is 5.15 Å². The number of halogens is 1. The first-order valence-corrected chi connectivity index (χ1v) is 7.40. The summed E-state index contributed by atoms with van der Waals surface area (Å²) < 4.78 is 0. The Balaban J connectivity index is 1.76. The zero-order valence-corrected chi connectivity index (χ0v) is 12.9. The molecule has 1 heterocycles. The van der Waals surface area contributed by atoms with Crippen molar-refractivity contribution in [2.45, 2.75) is 13.5 Å². The normalized spacial score (nSPS) is 10.6. The molecular weight excluding hydrogens is 296 g/mol. The molecule has 0 bridgehead atoms. The minimum atomic E-state index is -0.0987. The first-order chi connectivity index (χ1) is 10.6. The molecule has 3 aromatic rings. The van der Waals surface area contributed by atoms with Gasteiger partial charge in [0.25, 0.3) is 5.91 Å². The number of hydrogen-bond donors (Lipinski definition) is 1. The lowest BCUT2D eigenvalue weighted by atomic mass is 10.1. The van der Waals surface area contributed by atoms with Crippen LogP contribution < -0.4 is 5.32 Å². The third kappa shape index (κ3) is 3.26. The third-order valence-electron chi connectivity index (χ3n) is 3.45. The highest BCUT2D eigenvalue weighted by Crippen LogP contribution is 2.17. The minimum absolute atomic E-state index is 0.0987. The number of carbonyl (C=O) groups is 1. The maximum Gasteiger partial charge on any atom is 0.251 e. The summed E-state index contributed by atoms with van der Waals surface area (Å²) in [6, 6.07) is 17.1. The van der Waals surface area contributed by atoms with E-state index in [4.69, 9.17) is 11.6 Å². The molecule has 0 saturated heterocycles. The maximum absolute atomic E-state index is 12.3. The van der Waals surface area contributed by atoms with Crippen molar-refractivity contribution in [1.29, 1.82) is 0 Å². The Morgan fingerprint density at radius 3 is 2.82 bits per heavy atom. The van der Waals surface area contributed by atoms with Gasteiger partial charge in [-0.05, 0) is 42.8 Å². The van der Waals surface area contributed by atoms with Crippen LogP contribution in [-0.2, 0) is 6.54 Å². The monoisotopic (exact) mass is 310 g/mol. The molecule has 0 aliphatic carbocycles. The molecule has 22 heavy (non-hydrogen) atoms. The number of nitrogens with zero attached hydrogens (tertiary/aromatic N) is 1. The van der Waals surface area contributed by atoms with Gasteiger partial charge in [-0.1, -0.05) is 41.4 Å². The van der Waals surface area contributed by atoms with Crippen LogP contribution in [0.4, 0.5) is 0 Å².